The van der Waals surface area contributed by atoms with Crippen molar-refractivity contribution in [3.63, 3.8) is 0 Å². The number of halogens is 1. The molecular formula is C21H19FN4O. The summed E-state index contributed by atoms with van der Waals surface area (Å²) in [6.45, 7) is 0.754. The molecule has 0 amide bonds. The maximum atomic E-state index is 13.9. The lowest BCUT2D eigenvalue weighted by Gasteiger charge is -2.19. The minimum absolute atomic E-state index is 0.334. The number of para-hydroxylation sites is 1. The van der Waals surface area contributed by atoms with E-state index in [-0.39, 0.29) is 5.82 Å². The van der Waals surface area contributed by atoms with Gasteiger partial charge in [-0.3, -0.25) is 0 Å². The average Bonchev–Trinajstić information content (AvgIpc) is 3.17. The zero-order chi connectivity index (χ0) is 18.6. The van der Waals surface area contributed by atoms with Gasteiger partial charge in [0.05, 0.1) is 0 Å². The van der Waals surface area contributed by atoms with Crippen LogP contribution in [0.25, 0.3) is 22.2 Å². The van der Waals surface area contributed by atoms with Crippen LogP contribution in [0.5, 0.6) is 0 Å². The van der Waals surface area contributed by atoms with E-state index in [9.17, 15) is 4.39 Å². The van der Waals surface area contributed by atoms with Crippen LogP contribution >= 0.6 is 0 Å². The van der Waals surface area contributed by atoms with Crippen molar-refractivity contribution < 1.29 is 8.91 Å². The van der Waals surface area contributed by atoms with Crippen LogP contribution in [0, 0.1) is 5.82 Å². The molecule has 0 aliphatic carbocycles. The molecular weight excluding hydrogens is 343 g/mol. The summed E-state index contributed by atoms with van der Waals surface area (Å²) in [5, 5.41) is 4.86. The third-order valence-corrected chi connectivity index (χ3v) is 4.50. The molecule has 2 aromatic carbocycles. The highest BCUT2D eigenvalue weighted by molar-refractivity contribution is 5.89. The minimum Gasteiger partial charge on any atom is -0.361 e. The monoisotopic (exact) mass is 362 g/mol. The van der Waals surface area contributed by atoms with Crippen molar-refractivity contribution in [2.75, 3.05) is 18.5 Å². The molecule has 0 atom stereocenters. The molecule has 2 aromatic heterocycles. The molecule has 0 N–H and O–H groups in total. The van der Waals surface area contributed by atoms with E-state index < -0.39 is 0 Å². The van der Waals surface area contributed by atoms with Crippen LogP contribution in [0.4, 0.5) is 10.2 Å². The van der Waals surface area contributed by atoms with Gasteiger partial charge in [-0.25, -0.2) is 14.4 Å². The third kappa shape index (κ3) is 3.65. The lowest BCUT2D eigenvalue weighted by Crippen LogP contribution is -2.20. The highest BCUT2D eigenvalue weighted by Gasteiger charge is 2.12. The fraction of sp³-hybridized carbons (Fsp3) is 0.190. The molecule has 0 radical (unpaired) electrons. The van der Waals surface area contributed by atoms with E-state index in [1.54, 1.807) is 6.07 Å². The summed E-state index contributed by atoms with van der Waals surface area (Å²) in [7, 11) is 1.95. The van der Waals surface area contributed by atoms with E-state index in [0.717, 1.165) is 42.2 Å². The van der Waals surface area contributed by atoms with Gasteiger partial charge in [0.2, 0.25) is 0 Å². The molecule has 5 nitrogen and oxygen atoms in total. The zero-order valence-corrected chi connectivity index (χ0v) is 15.0. The smallest absolute Gasteiger partial charge is 0.149 e. The Kier molecular flexibility index (Phi) is 4.78. The highest BCUT2D eigenvalue weighted by atomic mass is 19.1. The van der Waals surface area contributed by atoms with Crippen molar-refractivity contribution in [2.24, 2.45) is 0 Å². The van der Waals surface area contributed by atoms with Crippen LogP contribution in [0.3, 0.4) is 0 Å². The van der Waals surface area contributed by atoms with E-state index in [4.69, 9.17) is 4.52 Å². The Labute approximate surface area is 156 Å². The summed E-state index contributed by atoms with van der Waals surface area (Å²) < 4.78 is 19.4. The molecule has 4 aromatic rings. The topological polar surface area (TPSA) is 55.1 Å². The second kappa shape index (κ2) is 7.53. The van der Waals surface area contributed by atoms with Gasteiger partial charge in [-0.2, -0.15) is 0 Å². The average molecular weight is 362 g/mol. The summed E-state index contributed by atoms with van der Waals surface area (Å²) in [4.78, 5) is 10.4. The molecule has 0 fully saturated rings. The van der Waals surface area contributed by atoms with Crippen LogP contribution in [0.1, 0.15) is 12.2 Å². The van der Waals surface area contributed by atoms with Crippen LogP contribution in [0.15, 0.2) is 65.4 Å². The van der Waals surface area contributed by atoms with Crippen LogP contribution < -0.4 is 4.90 Å². The number of aromatic nitrogens is 3. The van der Waals surface area contributed by atoms with Crippen molar-refractivity contribution in [2.45, 2.75) is 12.8 Å². The Morgan fingerprint density at radius 3 is 2.74 bits per heavy atom. The van der Waals surface area contributed by atoms with Crippen molar-refractivity contribution in [3.05, 3.63) is 72.5 Å². The number of rotatable bonds is 6. The fourth-order valence-corrected chi connectivity index (χ4v) is 3.11. The van der Waals surface area contributed by atoms with Gasteiger partial charge in [-0.1, -0.05) is 41.6 Å². The summed E-state index contributed by atoms with van der Waals surface area (Å²) >= 11 is 0. The molecule has 0 unspecified atom stereocenters. The number of fused-ring (bicyclic) bond motifs is 1. The minimum atomic E-state index is -0.334. The Balaban J connectivity index is 1.41. The van der Waals surface area contributed by atoms with Gasteiger partial charge in [0, 0.05) is 37.0 Å². The lowest BCUT2D eigenvalue weighted by atomic mass is 10.1. The van der Waals surface area contributed by atoms with Gasteiger partial charge >= 0.3 is 0 Å². The first-order valence-corrected chi connectivity index (χ1v) is 8.84. The summed E-state index contributed by atoms with van der Waals surface area (Å²) in [6, 6.07) is 16.9. The van der Waals surface area contributed by atoms with Crippen molar-refractivity contribution in [1.29, 1.82) is 0 Å². The number of anilines is 1. The number of hydrogen-bond acceptors (Lipinski definition) is 5. The Morgan fingerprint density at radius 2 is 1.89 bits per heavy atom. The largest absolute Gasteiger partial charge is 0.361 e. The number of aryl methyl sites for hydroxylation is 1. The molecule has 0 aliphatic rings. The third-order valence-electron chi connectivity index (χ3n) is 4.50. The van der Waals surface area contributed by atoms with Gasteiger partial charge in [0.1, 0.15) is 34.9 Å². The van der Waals surface area contributed by atoms with Crippen LogP contribution in [-0.4, -0.2) is 28.7 Å². The van der Waals surface area contributed by atoms with Crippen LogP contribution in [0.2, 0.25) is 0 Å². The quantitative estimate of drug-likeness (QED) is 0.506. The summed E-state index contributed by atoms with van der Waals surface area (Å²) in [5.74, 6) is 1.24. The molecule has 6 heteroatoms. The molecule has 0 saturated heterocycles. The van der Waals surface area contributed by atoms with E-state index in [1.807, 2.05) is 54.4 Å². The second-order valence-electron chi connectivity index (χ2n) is 6.40. The SMILES string of the molecule is CN(CCCc1cc(-c2ccccc2)no1)c1ncnc2c(F)cccc12. The predicted octanol–water partition coefficient (Wildman–Crippen LogP) is 4.49. The molecule has 4 rings (SSSR count). The van der Waals surface area contributed by atoms with Gasteiger partial charge in [0.25, 0.3) is 0 Å². The fourth-order valence-electron chi connectivity index (χ4n) is 3.11. The van der Waals surface area contributed by atoms with Crippen molar-refractivity contribution >= 4 is 16.7 Å². The van der Waals surface area contributed by atoms with E-state index in [1.165, 1.54) is 12.4 Å². The molecule has 0 saturated carbocycles. The summed E-state index contributed by atoms with van der Waals surface area (Å²) in [5.41, 5.74) is 2.23. The van der Waals surface area contributed by atoms with Gasteiger partial charge in [0.15, 0.2) is 0 Å². The molecule has 0 aliphatic heterocycles. The second-order valence-corrected chi connectivity index (χ2v) is 6.40. The van der Waals surface area contributed by atoms with Crippen molar-refractivity contribution in [1.82, 2.24) is 15.1 Å². The molecule has 27 heavy (non-hydrogen) atoms. The normalized spacial score (nSPS) is 11.0. The molecule has 0 spiro atoms. The zero-order valence-electron chi connectivity index (χ0n) is 15.0. The highest BCUT2D eigenvalue weighted by Crippen LogP contribution is 2.24. The molecule has 0 bridgehead atoms. The van der Waals surface area contributed by atoms with E-state index in [0.29, 0.717) is 10.9 Å². The Hall–Kier alpha value is -3.28. The number of nitrogens with zero attached hydrogens (tertiary/aromatic N) is 4. The first-order valence-electron chi connectivity index (χ1n) is 8.84. The molecule has 136 valence electrons. The lowest BCUT2D eigenvalue weighted by molar-refractivity contribution is 0.383. The van der Waals surface area contributed by atoms with E-state index in [2.05, 4.69) is 15.1 Å². The van der Waals surface area contributed by atoms with Crippen LogP contribution in [-0.2, 0) is 6.42 Å². The number of benzene rings is 2. The number of hydrogen-bond donors (Lipinski definition) is 0. The van der Waals surface area contributed by atoms with Crippen molar-refractivity contribution in [3.8, 4) is 11.3 Å². The summed E-state index contributed by atoms with van der Waals surface area (Å²) in [6.07, 6.45) is 3.03. The first-order chi connectivity index (χ1) is 13.2. The van der Waals surface area contributed by atoms with Gasteiger partial charge in [-0.15, -0.1) is 0 Å². The maximum Gasteiger partial charge on any atom is 0.149 e. The first kappa shape index (κ1) is 17.1. The molecule has 2 heterocycles. The van der Waals surface area contributed by atoms with E-state index >= 15 is 0 Å². The van der Waals surface area contributed by atoms with Gasteiger partial charge < -0.3 is 9.42 Å². The Bertz CT molecular complexity index is 1050. The Morgan fingerprint density at radius 1 is 1.04 bits per heavy atom. The standard InChI is InChI=1S/C21H19FN4O/c1-26(21-17-10-5-11-18(22)20(17)23-14-24-21)12-6-9-16-13-19(25-27-16)15-7-3-2-4-8-15/h2-5,7-8,10-11,13-14H,6,9,12H2,1H3. The maximum absolute atomic E-state index is 13.9. The van der Waals surface area contributed by atoms with Gasteiger partial charge in [-0.05, 0) is 18.6 Å². The predicted molar refractivity (Wildman–Crippen MR) is 103 cm³/mol.